The van der Waals surface area contributed by atoms with E-state index in [1.165, 1.54) is 24.8 Å². The zero-order chi connectivity index (χ0) is 21.6. The number of hydrogen-bond donors (Lipinski definition) is 1. The van der Waals surface area contributed by atoms with Gasteiger partial charge in [-0.05, 0) is 57.4 Å². The summed E-state index contributed by atoms with van der Waals surface area (Å²) in [6, 6.07) is 7.47. The first kappa shape index (κ1) is 21.3. The number of nitrogens with zero attached hydrogens (tertiary/aromatic N) is 2. The molecule has 1 aliphatic heterocycles. The fraction of sp³-hybridized carbons (Fsp3) is 0.480. The number of Topliss-reactive ketones (excluding diaryl/α,β-unsaturated/α-hetero) is 1. The Morgan fingerprint density at radius 1 is 0.968 bits per heavy atom. The number of allylic oxidation sites excluding steroid dienone is 1. The second kappa shape index (κ2) is 9.94. The highest BCUT2D eigenvalue weighted by atomic mass is 16.2. The summed E-state index contributed by atoms with van der Waals surface area (Å²) < 4.78 is 1.81. The molecule has 0 spiro atoms. The Morgan fingerprint density at radius 2 is 1.77 bits per heavy atom. The van der Waals surface area contributed by atoms with Crippen LogP contribution in [0.25, 0.3) is 10.9 Å². The first-order chi connectivity index (χ1) is 15.1. The molecule has 0 saturated carbocycles. The molecule has 0 bridgehead atoms. The van der Waals surface area contributed by atoms with E-state index in [0.717, 1.165) is 50.7 Å². The summed E-state index contributed by atoms with van der Waals surface area (Å²) in [6.07, 6.45) is 12.6. The Bertz CT molecular complexity index is 999. The molecule has 1 fully saturated rings. The molecule has 0 atom stereocenters. The lowest BCUT2D eigenvalue weighted by molar-refractivity contribution is -0.132. The Labute approximate surface area is 183 Å². The Hall–Kier alpha value is -2.89. The molecule has 4 rings (SSSR count). The molecule has 1 aromatic carbocycles. The van der Waals surface area contributed by atoms with Crippen molar-refractivity contribution in [2.75, 3.05) is 19.6 Å². The van der Waals surface area contributed by atoms with Crippen LogP contribution in [0.5, 0.6) is 0 Å². The summed E-state index contributed by atoms with van der Waals surface area (Å²) in [5.74, 6) is -1.07. The first-order valence-electron chi connectivity index (χ1n) is 11.5. The van der Waals surface area contributed by atoms with Gasteiger partial charge < -0.3 is 14.8 Å². The van der Waals surface area contributed by atoms with Crippen LogP contribution in [0.2, 0.25) is 0 Å². The van der Waals surface area contributed by atoms with Crippen molar-refractivity contribution < 1.29 is 14.4 Å². The molecular formula is C25H31N3O3. The number of fused-ring (bicyclic) bond motifs is 1. The van der Waals surface area contributed by atoms with Gasteiger partial charge in [-0.25, -0.2) is 0 Å². The number of carbonyl (C=O) groups is 3. The number of rotatable bonds is 7. The maximum Gasteiger partial charge on any atom is 0.292 e. The quantitative estimate of drug-likeness (QED) is 0.419. The van der Waals surface area contributed by atoms with Crippen molar-refractivity contribution >= 4 is 28.5 Å². The summed E-state index contributed by atoms with van der Waals surface area (Å²) in [4.78, 5) is 40.1. The zero-order valence-corrected chi connectivity index (χ0v) is 18.1. The van der Waals surface area contributed by atoms with E-state index in [9.17, 15) is 14.4 Å². The molecular weight excluding hydrogens is 390 g/mol. The molecule has 1 aliphatic carbocycles. The molecule has 0 radical (unpaired) electrons. The number of piperidine rings is 1. The highest BCUT2D eigenvalue weighted by Crippen LogP contribution is 2.23. The van der Waals surface area contributed by atoms with E-state index in [2.05, 4.69) is 11.4 Å². The maximum absolute atomic E-state index is 12.9. The lowest BCUT2D eigenvalue weighted by Crippen LogP contribution is -2.37. The van der Waals surface area contributed by atoms with Gasteiger partial charge in [0.25, 0.3) is 11.7 Å². The van der Waals surface area contributed by atoms with E-state index in [0.29, 0.717) is 17.5 Å². The largest absolute Gasteiger partial charge is 0.349 e. The molecule has 2 amide bonds. The number of likely N-dealkylation sites (tertiary alicyclic amines) is 1. The van der Waals surface area contributed by atoms with Crippen LogP contribution < -0.4 is 5.32 Å². The normalized spacial score (nSPS) is 16.8. The summed E-state index contributed by atoms with van der Waals surface area (Å²) in [5, 5.41) is 3.49. The van der Waals surface area contributed by atoms with Crippen LogP contribution in [0.1, 0.15) is 61.7 Å². The number of para-hydroxylation sites is 1. The summed E-state index contributed by atoms with van der Waals surface area (Å²) in [5.41, 5.74) is 2.53. The zero-order valence-electron chi connectivity index (χ0n) is 18.1. The number of amides is 2. The van der Waals surface area contributed by atoms with Gasteiger partial charge in [-0.15, -0.1) is 0 Å². The van der Waals surface area contributed by atoms with Crippen LogP contribution in [0, 0.1) is 0 Å². The molecule has 31 heavy (non-hydrogen) atoms. The lowest BCUT2D eigenvalue weighted by Gasteiger charge is -2.27. The smallest absolute Gasteiger partial charge is 0.292 e. The standard InChI is InChI=1S/C25H31N3O3/c29-23(27-15-7-2-8-16-27)18-28-17-21(20-11-5-6-12-22(20)28)24(30)25(31)26-14-13-19-9-3-1-4-10-19/h5-6,9,11-12,17H,1-4,7-8,10,13-16,18H2,(H,26,31). The molecule has 1 saturated heterocycles. The molecule has 6 nitrogen and oxygen atoms in total. The van der Waals surface area contributed by atoms with E-state index >= 15 is 0 Å². The van der Waals surface area contributed by atoms with E-state index in [1.807, 2.05) is 29.2 Å². The fourth-order valence-corrected chi connectivity index (χ4v) is 4.62. The summed E-state index contributed by atoms with van der Waals surface area (Å²) in [6.45, 7) is 2.25. The van der Waals surface area contributed by atoms with Gasteiger partial charge in [-0.1, -0.05) is 29.8 Å². The van der Waals surface area contributed by atoms with Crippen molar-refractivity contribution in [1.82, 2.24) is 14.8 Å². The van der Waals surface area contributed by atoms with E-state index in [4.69, 9.17) is 0 Å². The van der Waals surface area contributed by atoms with Crippen molar-refractivity contribution in [2.45, 2.75) is 57.9 Å². The second-order valence-electron chi connectivity index (χ2n) is 8.57. The van der Waals surface area contributed by atoms with Crippen LogP contribution in [0.15, 0.2) is 42.1 Å². The maximum atomic E-state index is 12.9. The molecule has 2 aliphatic rings. The highest BCUT2D eigenvalue weighted by Gasteiger charge is 2.23. The monoisotopic (exact) mass is 421 g/mol. The van der Waals surface area contributed by atoms with Crippen LogP contribution in [0.4, 0.5) is 0 Å². The predicted molar refractivity (Wildman–Crippen MR) is 121 cm³/mol. The van der Waals surface area contributed by atoms with E-state index < -0.39 is 11.7 Å². The minimum atomic E-state index is -0.582. The molecule has 2 heterocycles. The third-order valence-electron chi connectivity index (χ3n) is 6.37. The Morgan fingerprint density at radius 3 is 2.55 bits per heavy atom. The average Bonchev–Trinajstić information content (AvgIpc) is 3.18. The topological polar surface area (TPSA) is 71.4 Å². The van der Waals surface area contributed by atoms with Gasteiger partial charge in [0.05, 0.1) is 5.56 Å². The van der Waals surface area contributed by atoms with Crippen LogP contribution in [0.3, 0.4) is 0 Å². The molecule has 1 N–H and O–H groups in total. The minimum absolute atomic E-state index is 0.0599. The molecule has 164 valence electrons. The summed E-state index contributed by atoms with van der Waals surface area (Å²) >= 11 is 0. The SMILES string of the molecule is O=C(NCCC1=CCCCC1)C(=O)c1cn(CC(=O)N2CCCCC2)c2ccccc12. The third-order valence-corrected chi connectivity index (χ3v) is 6.37. The van der Waals surface area contributed by atoms with E-state index in [1.54, 1.807) is 10.8 Å². The van der Waals surface area contributed by atoms with Crippen molar-refractivity contribution in [2.24, 2.45) is 0 Å². The van der Waals surface area contributed by atoms with Crippen molar-refractivity contribution in [3.8, 4) is 0 Å². The average molecular weight is 422 g/mol. The highest BCUT2D eigenvalue weighted by molar-refractivity contribution is 6.45. The third kappa shape index (κ3) is 5.06. The van der Waals surface area contributed by atoms with Crippen molar-refractivity contribution in [3.05, 3.63) is 47.7 Å². The molecule has 1 aromatic heterocycles. The lowest BCUT2D eigenvalue weighted by atomic mass is 9.97. The minimum Gasteiger partial charge on any atom is -0.349 e. The van der Waals surface area contributed by atoms with Crippen molar-refractivity contribution in [3.63, 3.8) is 0 Å². The number of carbonyl (C=O) groups excluding carboxylic acids is 3. The van der Waals surface area contributed by atoms with Crippen LogP contribution in [-0.2, 0) is 16.1 Å². The summed E-state index contributed by atoms with van der Waals surface area (Å²) in [7, 11) is 0. The number of aromatic nitrogens is 1. The first-order valence-corrected chi connectivity index (χ1v) is 11.5. The number of ketones is 1. The van der Waals surface area contributed by atoms with Crippen LogP contribution in [-0.4, -0.2) is 46.7 Å². The molecule has 0 unspecified atom stereocenters. The second-order valence-corrected chi connectivity index (χ2v) is 8.57. The number of hydrogen-bond acceptors (Lipinski definition) is 3. The van der Waals surface area contributed by atoms with Gasteiger partial charge >= 0.3 is 0 Å². The van der Waals surface area contributed by atoms with Gasteiger partial charge in [0.15, 0.2) is 0 Å². The Balaban J connectivity index is 1.45. The molecule has 2 aromatic rings. The van der Waals surface area contributed by atoms with E-state index in [-0.39, 0.29) is 12.5 Å². The van der Waals surface area contributed by atoms with Gasteiger partial charge in [0, 0.05) is 36.7 Å². The Kier molecular flexibility index (Phi) is 6.85. The number of nitrogens with one attached hydrogen (secondary N) is 1. The van der Waals surface area contributed by atoms with Crippen LogP contribution >= 0.6 is 0 Å². The van der Waals surface area contributed by atoms with Gasteiger partial charge in [-0.3, -0.25) is 14.4 Å². The molecule has 6 heteroatoms. The number of benzene rings is 1. The van der Waals surface area contributed by atoms with Crippen molar-refractivity contribution in [1.29, 1.82) is 0 Å². The van der Waals surface area contributed by atoms with Gasteiger partial charge in [-0.2, -0.15) is 0 Å². The predicted octanol–water partition coefficient (Wildman–Crippen LogP) is 3.84. The van der Waals surface area contributed by atoms with Gasteiger partial charge in [0.2, 0.25) is 5.91 Å². The fourth-order valence-electron chi connectivity index (χ4n) is 4.62. The van der Waals surface area contributed by atoms with Gasteiger partial charge in [0.1, 0.15) is 6.54 Å².